The zero-order valence-corrected chi connectivity index (χ0v) is 8.63. The van der Waals surface area contributed by atoms with E-state index in [9.17, 15) is 9.18 Å². The molecule has 0 aliphatic heterocycles. The topological polar surface area (TPSA) is 38.3 Å². The van der Waals surface area contributed by atoms with Crippen LogP contribution in [0.5, 0.6) is 0 Å². The molecule has 1 aromatic carbocycles. The molecule has 0 radical (unpaired) electrons. The van der Waals surface area contributed by atoms with Crippen LogP contribution in [0.2, 0.25) is 0 Å². The molecule has 0 fully saturated rings. The maximum Gasteiger partial charge on any atom is 0.245 e. The number of benzene rings is 1. The number of ether oxygens (including phenoxy) is 1. The van der Waals surface area contributed by atoms with Gasteiger partial charge in [0.2, 0.25) is 5.91 Å². The van der Waals surface area contributed by atoms with Crippen LogP contribution >= 0.6 is 0 Å². The van der Waals surface area contributed by atoms with Crippen LogP contribution in [-0.2, 0) is 16.0 Å². The minimum atomic E-state index is -0.254. The van der Waals surface area contributed by atoms with E-state index < -0.39 is 0 Å². The van der Waals surface area contributed by atoms with Crippen molar-refractivity contribution in [3.8, 4) is 0 Å². The normalized spacial score (nSPS) is 10.0. The van der Waals surface area contributed by atoms with Crippen LogP contribution in [0.4, 0.5) is 4.39 Å². The summed E-state index contributed by atoms with van der Waals surface area (Å²) >= 11 is 0. The Hall–Kier alpha value is -1.42. The highest BCUT2D eigenvalue weighted by molar-refractivity contribution is 5.77. The fourth-order valence-corrected chi connectivity index (χ4v) is 1.22. The van der Waals surface area contributed by atoms with Gasteiger partial charge in [-0.3, -0.25) is 4.79 Å². The van der Waals surface area contributed by atoms with Crippen molar-refractivity contribution in [3.63, 3.8) is 0 Å². The number of amides is 1. The van der Waals surface area contributed by atoms with Gasteiger partial charge in [-0.15, -0.1) is 0 Å². The molecule has 4 heteroatoms. The molecule has 3 nitrogen and oxygen atoms in total. The summed E-state index contributed by atoms with van der Waals surface area (Å²) in [6.45, 7) is 0.550. The third-order valence-corrected chi connectivity index (χ3v) is 1.90. The van der Waals surface area contributed by atoms with E-state index in [1.54, 1.807) is 6.07 Å². The predicted octanol–water partition coefficient (Wildman–Crippen LogP) is 1.13. The van der Waals surface area contributed by atoms with Gasteiger partial charge in [-0.2, -0.15) is 0 Å². The summed E-state index contributed by atoms with van der Waals surface area (Å²) in [5, 5.41) is 2.67. The van der Waals surface area contributed by atoms with E-state index in [-0.39, 0.29) is 18.3 Å². The Balaban J connectivity index is 2.28. The fraction of sp³-hybridized carbons (Fsp3) is 0.364. The summed E-state index contributed by atoms with van der Waals surface area (Å²) in [4.78, 5) is 11.0. The third kappa shape index (κ3) is 4.56. The molecule has 0 aliphatic rings. The van der Waals surface area contributed by atoms with Crippen molar-refractivity contribution in [2.45, 2.75) is 6.42 Å². The summed E-state index contributed by atoms with van der Waals surface area (Å²) in [6, 6.07) is 6.34. The van der Waals surface area contributed by atoms with Crippen molar-refractivity contribution in [2.24, 2.45) is 0 Å². The second kappa shape index (κ2) is 6.14. The molecule has 1 amide bonds. The molecule has 1 rings (SSSR count). The van der Waals surface area contributed by atoms with Gasteiger partial charge in [0.1, 0.15) is 12.4 Å². The monoisotopic (exact) mass is 211 g/mol. The van der Waals surface area contributed by atoms with Crippen LogP contribution in [0.3, 0.4) is 0 Å². The van der Waals surface area contributed by atoms with Crippen molar-refractivity contribution in [1.82, 2.24) is 5.32 Å². The number of carbonyl (C=O) groups excluding carboxylic acids is 1. The summed E-state index contributed by atoms with van der Waals surface area (Å²) in [7, 11) is 1.46. The van der Waals surface area contributed by atoms with E-state index in [0.717, 1.165) is 5.56 Å². The molecule has 0 aliphatic carbocycles. The molecular formula is C11H14FNO2. The number of nitrogens with one attached hydrogen (secondary N) is 1. The molecular weight excluding hydrogens is 197 g/mol. The van der Waals surface area contributed by atoms with Crippen molar-refractivity contribution < 1.29 is 13.9 Å². The van der Waals surface area contributed by atoms with Crippen LogP contribution < -0.4 is 5.32 Å². The summed E-state index contributed by atoms with van der Waals surface area (Å²) in [5.41, 5.74) is 0.868. The molecule has 0 atom stereocenters. The van der Waals surface area contributed by atoms with Gasteiger partial charge in [-0.1, -0.05) is 12.1 Å². The first kappa shape index (κ1) is 11.7. The lowest BCUT2D eigenvalue weighted by Crippen LogP contribution is -2.28. The molecule has 0 unspecified atom stereocenters. The lowest BCUT2D eigenvalue weighted by atomic mass is 10.1. The Bertz CT molecular complexity index is 328. The van der Waals surface area contributed by atoms with Crippen LogP contribution in [-0.4, -0.2) is 26.2 Å². The first-order valence-corrected chi connectivity index (χ1v) is 4.72. The minimum Gasteiger partial charge on any atom is -0.375 e. The van der Waals surface area contributed by atoms with Gasteiger partial charge < -0.3 is 10.1 Å². The van der Waals surface area contributed by atoms with Crippen LogP contribution in [0.1, 0.15) is 5.56 Å². The molecule has 0 saturated heterocycles. The molecule has 82 valence electrons. The van der Waals surface area contributed by atoms with Crippen molar-refractivity contribution in [2.75, 3.05) is 20.3 Å². The van der Waals surface area contributed by atoms with Gasteiger partial charge in [0, 0.05) is 13.7 Å². The van der Waals surface area contributed by atoms with Crippen LogP contribution in [0.15, 0.2) is 24.3 Å². The SMILES string of the molecule is COCC(=O)NCCc1cccc(F)c1. The quantitative estimate of drug-likeness (QED) is 0.793. The Labute approximate surface area is 88.2 Å². The average Bonchev–Trinajstić information content (AvgIpc) is 2.18. The lowest BCUT2D eigenvalue weighted by molar-refractivity contribution is -0.124. The number of hydrogen-bond acceptors (Lipinski definition) is 2. The first-order valence-electron chi connectivity index (χ1n) is 4.72. The fourth-order valence-electron chi connectivity index (χ4n) is 1.22. The maximum absolute atomic E-state index is 12.8. The second-order valence-electron chi connectivity index (χ2n) is 3.16. The molecule has 15 heavy (non-hydrogen) atoms. The van der Waals surface area contributed by atoms with Crippen molar-refractivity contribution >= 4 is 5.91 Å². The lowest BCUT2D eigenvalue weighted by Gasteiger charge is -2.04. The highest BCUT2D eigenvalue weighted by Crippen LogP contribution is 2.03. The molecule has 1 aromatic rings. The first-order chi connectivity index (χ1) is 7.22. The Kier molecular flexibility index (Phi) is 4.77. The van der Waals surface area contributed by atoms with Crippen LogP contribution in [0, 0.1) is 5.82 Å². The molecule has 1 N–H and O–H groups in total. The highest BCUT2D eigenvalue weighted by atomic mass is 19.1. The highest BCUT2D eigenvalue weighted by Gasteiger charge is 1.99. The number of carbonyl (C=O) groups is 1. The molecule has 0 spiro atoms. The summed E-state index contributed by atoms with van der Waals surface area (Å²) in [6.07, 6.45) is 0.618. The van der Waals surface area contributed by atoms with Gasteiger partial charge >= 0.3 is 0 Å². The molecule has 0 heterocycles. The number of methoxy groups -OCH3 is 1. The van der Waals surface area contributed by atoms with E-state index in [2.05, 4.69) is 10.1 Å². The van der Waals surface area contributed by atoms with E-state index >= 15 is 0 Å². The van der Waals surface area contributed by atoms with Crippen molar-refractivity contribution in [3.05, 3.63) is 35.6 Å². The van der Waals surface area contributed by atoms with Gasteiger partial charge in [-0.05, 0) is 24.1 Å². The Morgan fingerprint density at radius 3 is 3.00 bits per heavy atom. The summed E-state index contributed by atoms with van der Waals surface area (Å²) < 4.78 is 17.4. The summed E-state index contributed by atoms with van der Waals surface area (Å²) in [5.74, 6) is -0.412. The predicted molar refractivity (Wildman–Crippen MR) is 55.0 cm³/mol. The van der Waals surface area contributed by atoms with E-state index in [1.807, 2.05) is 6.07 Å². The van der Waals surface area contributed by atoms with E-state index in [4.69, 9.17) is 0 Å². The van der Waals surface area contributed by atoms with Gasteiger partial charge in [0.25, 0.3) is 0 Å². The standard InChI is InChI=1S/C11H14FNO2/c1-15-8-11(14)13-6-5-9-3-2-4-10(12)7-9/h2-4,7H,5-6,8H2,1H3,(H,13,14). The van der Waals surface area contributed by atoms with Crippen molar-refractivity contribution in [1.29, 1.82) is 0 Å². The van der Waals surface area contributed by atoms with E-state index in [0.29, 0.717) is 13.0 Å². The molecule has 0 saturated carbocycles. The van der Waals surface area contributed by atoms with E-state index in [1.165, 1.54) is 19.2 Å². The zero-order valence-electron chi connectivity index (χ0n) is 8.63. The van der Waals surface area contributed by atoms with Gasteiger partial charge in [0.05, 0.1) is 0 Å². The van der Waals surface area contributed by atoms with Gasteiger partial charge in [-0.25, -0.2) is 4.39 Å². The number of hydrogen-bond donors (Lipinski definition) is 1. The zero-order chi connectivity index (χ0) is 11.1. The average molecular weight is 211 g/mol. The largest absolute Gasteiger partial charge is 0.375 e. The molecule has 0 aromatic heterocycles. The smallest absolute Gasteiger partial charge is 0.245 e. The number of rotatable bonds is 5. The second-order valence-corrected chi connectivity index (χ2v) is 3.16. The van der Waals surface area contributed by atoms with Crippen LogP contribution in [0.25, 0.3) is 0 Å². The number of halogens is 1. The molecule has 0 bridgehead atoms. The Morgan fingerprint density at radius 2 is 2.33 bits per heavy atom. The third-order valence-electron chi connectivity index (χ3n) is 1.90. The Morgan fingerprint density at radius 1 is 1.53 bits per heavy atom. The minimum absolute atomic E-state index is 0.0587. The maximum atomic E-state index is 12.8. The van der Waals surface area contributed by atoms with Gasteiger partial charge in [0.15, 0.2) is 0 Å².